The highest BCUT2D eigenvalue weighted by molar-refractivity contribution is 5.99. The number of likely N-dealkylation sites (tertiary alicyclic amines) is 1. The lowest BCUT2D eigenvalue weighted by molar-refractivity contribution is 0.0646. The first-order valence-electron chi connectivity index (χ1n) is 10.4. The van der Waals surface area contributed by atoms with Gasteiger partial charge >= 0.3 is 0 Å². The number of carbonyl (C=O) groups excluding carboxylic acids is 1. The van der Waals surface area contributed by atoms with Crippen molar-refractivity contribution in [3.05, 3.63) is 59.5 Å². The summed E-state index contributed by atoms with van der Waals surface area (Å²) in [5.74, 6) is 0.934. The van der Waals surface area contributed by atoms with Crippen molar-refractivity contribution in [2.24, 2.45) is 13.0 Å². The van der Waals surface area contributed by atoms with Gasteiger partial charge in [-0.1, -0.05) is 29.8 Å². The molecule has 3 aromatic rings. The van der Waals surface area contributed by atoms with Crippen LogP contribution >= 0.6 is 0 Å². The zero-order valence-electron chi connectivity index (χ0n) is 17.0. The standard InChI is InChI=1S/C22H28N6O/c1-15-5-7-16(8-6-15)18-12-23-25-20(18)17-4-3-9-27(14-17)22(29)19-13-24-28-11-10-26(2)21(19)28/h5-8,10-11,13,17-18,20,23,25H,3-4,9,12,14H2,1-2H3. The molecule has 3 unspecified atom stereocenters. The predicted molar refractivity (Wildman–Crippen MR) is 112 cm³/mol. The molecule has 0 bridgehead atoms. The minimum Gasteiger partial charge on any atom is -0.338 e. The molecule has 2 aliphatic heterocycles. The molecule has 2 aromatic heterocycles. The number of carbonyl (C=O) groups is 1. The molecule has 2 N–H and O–H groups in total. The van der Waals surface area contributed by atoms with Gasteiger partial charge < -0.3 is 9.47 Å². The zero-order valence-corrected chi connectivity index (χ0v) is 17.0. The number of rotatable bonds is 3. The van der Waals surface area contributed by atoms with Crippen LogP contribution in [0, 0.1) is 12.8 Å². The molecular formula is C22H28N6O. The Labute approximate surface area is 170 Å². The van der Waals surface area contributed by atoms with Gasteiger partial charge in [0.15, 0.2) is 0 Å². The molecule has 2 aliphatic rings. The molecule has 2 fully saturated rings. The van der Waals surface area contributed by atoms with E-state index in [0.717, 1.165) is 38.1 Å². The van der Waals surface area contributed by atoms with Gasteiger partial charge in [0.25, 0.3) is 5.91 Å². The van der Waals surface area contributed by atoms with Crippen molar-refractivity contribution in [3.8, 4) is 0 Å². The Hall–Kier alpha value is -2.64. The highest BCUT2D eigenvalue weighted by atomic mass is 16.2. The Morgan fingerprint density at radius 1 is 1.21 bits per heavy atom. The van der Waals surface area contributed by atoms with Gasteiger partial charge in [-0.25, -0.2) is 4.52 Å². The van der Waals surface area contributed by atoms with Crippen molar-refractivity contribution in [2.75, 3.05) is 19.6 Å². The molecule has 1 amide bonds. The van der Waals surface area contributed by atoms with Gasteiger partial charge in [0, 0.05) is 51.0 Å². The molecule has 4 heterocycles. The maximum absolute atomic E-state index is 13.3. The van der Waals surface area contributed by atoms with Crippen molar-refractivity contribution < 1.29 is 4.79 Å². The zero-order chi connectivity index (χ0) is 20.0. The fraction of sp³-hybridized carbons (Fsp3) is 0.455. The van der Waals surface area contributed by atoms with E-state index in [0.29, 0.717) is 23.4 Å². The number of amides is 1. The molecule has 0 spiro atoms. The van der Waals surface area contributed by atoms with Crippen LogP contribution in [0.1, 0.15) is 40.2 Å². The van der Waals surface area contributed by atoms with Crippen molar-refractivity contribution >= 4 is 11.6 Å². The number of aromatic nitrogens is 3. The fourth-order valence-electron chi connectivity index (χ4n) is 4.96. The van der Waals surface area contributed by atoms with Gasteiger partial charge in [-0.15, -0.1) is 0 Å². The van der Waals surface area contributed by atoms with E-state index in [1.165, 1.54) is 11.1 Å². The Kier molecular flexibility index (Phi) is 4.64. The molecule has 0 saturated carbocycles. The molecule has 7 nitrogen and oxygen atoms in total. The van der Waals surface area contributed by atoms with E-state index >= 15 is 0 Å². The minimum absolute atomic E-state index is 0.0874. The molecule has 0 radical (unpaired) electrons. The van der Waals surface area contributed by atoms with Gasteiger partial charge in [0.05, 0.1) is 6.20 Å². The lowest BCUT2D eigenvalue weighted by Gasteiger charge is -2.37. The van der Waals surface area contributed by atoms with Gasteiger partial charge in [0.1, 0.15) is 11.2 Å². The topological polar surface area (TPSA) is 66.6 Å². The monoisotopic (exact) mass is 392 g/mol. The normalized spacial score (nSPS) is 25.0. The van der Waals surface area contributed by atoms with Crippen molar-refractivity contribution in [1.29, 1.82) is 0 Å². The Morgan fingerprint density at radius 2 is 2.03 bits per heavy atom. The number of fused-ring (bicyclic) bond motifs is 1. The van der Waals surface area contributed by atoms with Crippen LogP contribution in [-0.4, -0.2) is 50.7 Å². The molecular weight excluding hydrogens is 364 g/mol. The second-order valence-corrected chi connectivity index (χ2v) is 8.46. The molecule has 0 aliphatic carbocycles. The predicted octanol–water partition coefficient (Wildman–Crippen LogP) is 2.09. The SMILES string of the molecule is Cc1ccc(C2CNNC2C2CCCN(C(=O)c3cnn4ccn(C)c34)C2)cc1. The molecule has 3 atom stereocenters. The summed E-state index contributed by atoms with van der Waals surface area (Å²) in [6, 6.07) is 9.19. The van der Waals surface area contributed by atoms with Crippen LogP contribution in [-0.2, 0) is 7.05 Å². The number of hydrazine groups is 1. The largest absolute Gasteiger partial charge is 0.338 e. The number of imidazole rings is 1. The lowest BCUT2D eigenvalue weighted by atomic mass is 9.81. The van der Waals surface area contributed by atoms with E-state index in [4.69, 9.17) is 0 Å². The summed E-state index contributed by atoms with van der Waals surface area (Å²) in [6.07, 6.45) is 7.68. The average Bonchev–Trinajstić information content (AvgIpc) is 3.46. The number of aryl methyl sites for hydroxylation is 2. The van der Waals surface area contributed by atoms with Gasteiger partial charge in [-0.2, -0.15) is 5.10 Å². The van der Waals surface area contributed by atoms with Crippen LogP contribution in [0.15, 0.2) is 42.9 Å². The number of nitrogens with one attached hydrogen (secondary N) is 2. The summed E-state index contributed by atoms with van der Waals surface area (Å²) in [5.41, 5.74) is 11.1. The molecule has 2 saturated heterocycles. The van der Waals surface area contributed by atoms with E-state index in [9.17, 15) is 4.79 Å². The van der Waals surface area contributed by atoms with E-state index in [1.807, 2.05) is 28.9 Å². The highest BCUT2D eigenvalue weighted by Gasteiger charge is 2.38. The Balaban J connectivity index is 1.35. The van der Waals surface area contributed by atoms with E-state index in [1.54, 1.807) is 10.7 Å². The molecule has 152 valence electrons. The summed E-state index contributed by atoms with van der Waals surface area (Å²) in [5, 5.41) is 4.34. The number of nitrogens with zero attached hydrogens (tertiary/aromatic N) is 4. The number of piperidine rings is 1. The van der Waals surface area contributed by atoms with Crippen LogP contribution < -0.4 is 10.9 Å². The van der Waals surface area contributed by atoms with Crippen LogP contribution in [0.5, 0.6) is 0 Å². The molecule has 1 aromatic carbocycles. The maximum Gasteiger partial charge on any atom is 0.259 e. The van der Waals surface area contributed by atoms with E-state index in [2.05, 4.69) is 47.1 Å². The first-order valence-corrected chi connectivity index (χ1v) is 10.4. The first-order chi connectivity index (χ1) is 14.1. The van der Waals surface area contributed by atoms with E-state index < -0.39 is 0 Å². The molecule has 7 heteroatoms. The van der Waals surface area contributed by atoms with Crippen LogP contribution in [0.3, 0.4) is 0 Å². The summed E-state index contributed by atoms with van der Waals surface area (Å²) < 4.78 is 3.72. The molecule has 5 rings (SSSR count). The smallest absolute Gasteiger partial charge is 0.259 e. The van der Waals surface area contributed by atoms with Crippen molar-refractivity contribution in [1.82, 2.24) is 29.9 Å². The van der Waals surface area contributed by atoms with Crippen LogP contribution in [0.4, 0.5) is 0 Å². The lowest BCUT2D eigenvalue weighted by Crippen LogP contribution is -2.48. The molecule has 29 heavy (non-hydrogen) atoms. The van der Waals surface area contributed by atoms with Crippen LogP contribution in [0.2, 0.25) is 0 Å². The number of benzene rings is 1. The summed E-state index contributed by atoms with van der Waals surface area (Å²) in [6.45, 7) is 4.64. The van der Waals surface area contributed by atoms with Crippen molar-refractivity contribution in [3.63, 3.8) is 0 Å². The fourth-order valence-corrected chi connectivity index (χ4v) is 4.96. The van der Waals surface area contributed by atoms with Crippen LogP contribution in [0.25, 0.3) is 5.65 Å². The van der Waals surface area contributed by atoms with E-state index in [-0.39, 0.29) is 5.91 Å². The average molecular weight is 393 g/mol. The summed E-state index contributed by atoms with van der Waals surface area (Å²) >= 11 is 0. The second kappa shape index (κ2) is 7.31. The Morgan fingerprint density at radius 3 is 2.86 bits per heavy atom. The first kappa shape index (κ1) is 18.4. The quantitative estimate of drug-likeness (QED) is 0.716. The maximum atomic E-state index is 13.3. The Bertz CT molecular complexity index is 1020. The third kappa shape index (κ3) is 3.24. The van der Waals surface area contributed by atoms with Gasteiger partial charge in [-0.3, -0.25) is 15.6 Å². The second-order valence-electron chi connectivity index (χ2n) is 8.46. The van der Waals surface area contributed by atoms with Gasteiger partial charge in [0.2, 0.25) is 0 Å². The third-order valence-electron chi connectivity index (χ3n) is 6.55. The van der Waals surface area contributed by atoms with Crippen molar-refractivity contribution in [2.45, 2.75) is 31.7 Å². The summed E-state index contributed by atoms with van der Waals surface area (Å²) in [4.78, 5) is 15.3. The highest BCUT2D eigenvalue weighted by Crippen LogP contribution is 2.32. The van der Waals surface area contributed by atoms with Gasteiger partial charge in [-0.05, 0) is 31.2 Å². The minimum atomic E-state index is 0.0874. The number of hydrogen-bond donors (Lipinski definition) is 2. The summed E-state index contributed by atoms with van der Waals surface area (Å²) in [7, 11) is 1.95. The number of hydrogen-bond acceptors (Lipinski definition) is 4. The third-order valence-corrected chi connectivity index (χ3v) is 6.55.